The molecule has 17 heavy (non-hydrogen) atoms. The fourth-order valence-electron chi connectivity index (χ4n) is 2.61. The highest BCUT2D eigenvalue weighted by Gasteiger charge is 2.16. The highest BCUT2D eigenvalue weighted by atomic mass is 16.4. The molecule has 1 N–H and O–H groups in total. The van der Waals surface area contributed by atoms with Gasteiger partial charge in [0.05, 0.1) is 0 Å². The first kappa shape index (κ1) is 10.4. The van der Waals surface area contributed by atoms with E-state index in [1.807, 2.05) is 0 Å². The molecule has 1 aromatic carbocycles. The number of benzene rings is 1. The van der Waals surface area contributed by atoms with E-state index in [1.165, 1.54) is 0 Å². The van der Waals surface area contributed by atoms with Crippen molar-refractivity contribution >= 4 is 11.0 Å². The molecule has 0 amide bonds. The van der Waals surface area contributed by atoms with Crippen molar-refractivity contribution in [1.82, 2.24) is 0 Å². The quantitative estimate of drug-likeness (QED) is 0.559. The van der Waals surface area contributed by atoms with Crippen LogP contribution in [0.2, 0.25) is 0 Å². The van der Waals surface area contributed by atoms with E-state index in [0.29, 0.717) is 5.58 Å². The summed E-state index contributed by atoms with van der Waals surface area (Å²) in [6.45, 7) is 0. The summed E-state index contributed by atoms with van der Waals surface area (Å²) in [6, 6.07) is 4.91. The zero-order chi connectivity index (χ0) is 11.8. The first-order valence-corrected chi connectivity index (χ1v) is 6.03. The number of aryl methyl sites for hydroxylation is 1. The van der Waals surface area contributed by atoms with Crippen molar-refractivity contribution < 1.29 is 9.52 Å². The average molecular weight is 230 g/mol. The second-order valence-electron chi connectivity index (χ2n) is 4.59. The lowest BCUT2D eigenvalue weighted by atomic mass is 10.0. The van der Waals surface area contributed by atoms with Gasteiger partial charge in [-0.05, 0) is 49.4 Å². The van der Waals surface area contributed by atoms with Crippen LogP contribution in [0.3, 0.4) is 0 Å². The minimum absolute atomic E-state index is 0.208. The first-order valence-electron chi connectivity index (χ1n) is 6.03. The Hall–Kier alpha value is -1.77. The van der Waals surface area contributed by atoms with E-state index >= 15 is 0 Å². The van der Waals surface area contributed by atoms with E-state index in [-0.39, 0.29) is 11.4 Å². The van der Waals surface area contributed by atoms with Gasteiger partial charge in [0.25, 0.3) is 0 Å². The van der Waals surface area contributed by atoms with E-state index in [0.717, 1.165) is 48.6 Å². The molecule has 88 valence electrons. The van der Waals surface area contributed by atoms with Gasteiger partial charge in [0.15, 0.2) is 0 Å². The normalized spacial score (nSPS) is 15.5. The summed E-state index contributed by atoms with van der Waals surface area (Å²) in [4.78, 5) is 11.9. The summed E-state index contributed by atoms with van der Waals surface area (Å²) in [7, 11) is 0. The molecule has 0 atom stereocenters. The third-order valence-corrected chi connectivity index (χ3v) is 3.46. The minimum Gasteiger partial charge on any atom is -0.508 e. The lowest BCUT2D eigenvalue weighted by molar-refractivity contribution is 0.475. The van der Waals surface area contributed by atoms with Crippen molar-refractivity contribution in [2.45, 2.75) is 32.1 Å². The Morgan fingerprint density at radius 3 is 2.65 bits per heavy atom. The van der Waals surface area contributed by atoms with Gasteiger partial charge in [0.2, 0.25) is 0 Å². The molecule has 1 heterocycles. The van der Waals surface area contributed by atoms with Gasteiger partial charge >= 0.3 is 5.63 Å². The van der Waals surface area contributed by atoms with Crippen LogP contribution in [0.1, 0.15) is 30.4 Å². The van der Waals surface area contributed by atoms with Gasteiger partial charge in [0.1, 0.15) is 11.3 Å². The van der Waals surface area contributed by atoms with Gasteiger partial charge in [-0.1, -0.05) is 6.42 Å². The molecule has 0 spiro atoms. The minimum atomic E-state index is -0.208. The molecular weight excluding hydrogens is 216 g/mol. The Labute approximate surface area is 98.7 Å². The molecule has 1 aromatic heterocycles. The molecule has 0 aliphatic heterocycles. The molecule has 3 rings (SSSR count). The molecule has 0 bridgehead atoms. The molecule has 0 fully saturated rings. The average Bonchev–Trinajstić information content (AvgIpc) is 2.56. The van der Waals surface area contributed by atoms with E-state index in [2.05, 4.69) is 0 Å². The van der Waals surface area contributed by atoms with Crippen LogP contribution in [0.15, 0.2) is 27.4 Å². The Kier molecular flexibility index (Phi) is 2.39. The molecule has 1 aliphatic carbocycles. The van der Waals surface area contributed by atoms with E-state index in [9.17, 15) is 9.90 Å². The SMILES string of the molecule is O=c1oc2ccc(O)cc2c2c1CCCCC2. The number of rotatable bonds is 0. The molecule has 2 aromatic rings. The molecule has 0 saturated carbocycles. The molecule has 0 unspecified atom stereocenters. The van der Waals surface area contributed by atoms with Gasteiger partial charge in [-0.3, -0.25) is 0 Å². The Morgan fingerprint density at radius 2 is 1.82 bits per heavy atom. The summed E-state index contributed by atoms with van der Waals surface area (Å²) in [6.07, 6.45) is 4.99. The molecule has 0 saturated heterocycles. The first-order chi connectivity index (χ1) is 8.25. The summed E-state index contributed by atoms with van der Waals surface area (Å²) in [5.74, 6) is 0.220. The van der Waals surface area contributed by atoms with Crippen molar-refractivity contribution in [1.29, 1.82) is 0 Å². The van der Waals surface area contributed by atoms with Gasteiger partial charge in [-0.25, -0.2) is 4.79 Å². The summed E-state index contributed by atoms with van der Waals surface area (Å²) < 4.78 is 5.30. The summed E-state index contributed by atoms with van der Waals surface area (Å²) in [5.41, 5.74) is 2.25. The number of phenolic OH excluding ortho intramolecular Hbond substituents is 1. The highest BCUT2D eigenvalue weighted by Crippen LogP contribution is 2.28. The van der Waals surface area contributed by atoms with E-state index in [4.69, 9.17) is 4.42 Å². The van der Waals surface area contributed by atoms with Crippen molar-refractivity contribution in [3.8, 4) is 5.75 Å². The predicted molar refractivity (Wildman–Crippen MR) is 65.4 cm³/mol. The molecule has 0 radical (unpaired) electrons. The van der Waals surface area contributed by atoms with Crippen LogP contribution < -0.4 is 5.63 Å². The number of aromatic hydroxyl groups is 1. The zero-order valence-corrected chi connectivity index (χ0v) is 9.53. The topological polar surface area (TPSA) is 50.4 Å². The molecule has 3 nitrogen and oxygen atoms in total. The maximum atomic E-state index is 11.9. The number of hydrogen-bond acceptors (Lipinski definition) is 3. The second-order valence-corrected chi connectivity index (χ2v) is 4.59. The van der Waals surface area contributed by atoms with Crippen molar-refractivity contribution in [3.63, 3.8) is 0 Å². The highest BCUT2D eigenvalue weighted by molar-refractivity contribution is 5.82. The Morgan fingerprint density at radius 1 is 1.06 bits per heavy atom. The predicted octanol–water partition coefficient (Wildman–Crippen LogP) is 2.77. The maximum absolute atomic E-state index is 11.9. The summed E-state index contributed by atoms with van der Waals surface area (Å²) >= 11 is 0. The van der Waals surface area contributed by atoms with Crippen molar-refractivity contribution in [2.75, 3.05) is 0 Å². The number of fused-ring (bicyclic) bond motifs is 3. The van der Waals surface area contributed by atoms with Crippen molar-refractivity contribution in [3.05, 3.63) is 39.7 Å². The fraction of sp³-hybridized carbons (Fsp3) is 0.357. The molecular formula is C14H14O3. The number of phenols is 1. The van der Waals surface area contributed by atoms with Crippen LogP contribution in [-0.4, -0.2) is 5.11 Å². The van der Waals surface area contributed by atoms with Crippen molar-refractivity contribution in [2.24, 2.45) is 0 Å². The van der Waals surface area contributed by atoms with Crippen LogP contribution in [0.5, 0.6) is 5.75 Å². The van der Waals surface area contributed by atoms with Gasteiger partial charge in [-0.15, -0.1) is 0 Å². The van der Waals surface area contributed by atoms with Crippen LogP contribution in [0.4, 0.5) is 0 Å². The van der Waals surface area contributed by atoms with Gasteiger partial charge in [-0.2, -0.15) is 0 Å². The third-order valence-electron chi connectivity index (χ3n) is 3.46. The molecule has 1 aliphatic rings. The second kappa shape index (κ2) is 3.91. The fourth-order valence-corrected chi connectivity index (χ4v) is 2.61. The Bertz CT molecular complexity index is 625. The smallest absolute Gasteiger partial charge is 0.339 e. The molecule has 3 heteroatoms. The standard InChI is InChI=1S/C14H14O3/c15-9-6-7-13-12(8-9)10-4-2-1-3-5-11(10)14(16)17-13/h6-8,15H,1-5H2. The summed E-state index contributed by atoms with van der Waals surface area (Å²) in [5, 5.41) is 10.4. The van der Waals surface area contributed by atoms with Crippen LogP contribution in [0, 0.1) is 0 Å². The van der Waals surface area contributed by atoms with Gasteiger partial charge in [0, 0.05) is 10.9 Å². The largest absolute Gasteiger partial charge is 0.508 e. The van der Waals surface area contributed by atoms with E-state index < -0.39 is 0 Å². The van der Waals surface area contributed by atoms with Crippen LogP contribution >= 0.6 is 0 Å². The number of hydrogen-bond donors (Lipinski definition) is 1. The lowest BCUT2D eigenvalue weighted by Crippen LogP contribution is -2.10. The monoisotopic (exact) mass is 230 g/mol. The van der Waals surface area contributed by atoms with Gasteiger partial charge < -0.3 is 9.52 Å². The van der Waals surface area contributed by atoms with Crippen LogP contribution in [-0.2, 0) is 12.8 Å². The van der Waals surface area contributed by atoms with Crippen LogP contribution in [0.25, 0.3) is 11.0 Å². The Balaban J connectivity index is 2.38. The van der Waals surface area contributed by atoms with E-state index in [1.54, 1.807) is 18.2 Å². The third kappa shape index (κ3) is 1.71. The maximum Gasteiger partial charge on any atom is 0.339 e. The lowest BCUT2D eigenvalue weighted by Gasteiger charge is -2.08. The zero-order valence-electron chi connectivity index (χ0n) is 9.53.